The number of carbonyl (C=O) groups is 1. The molecule has 0 saturated carbocycles. The number of likely N-dealkylation sites (tertiary alicyclic amines) is 1. The maximum atomic E-state index is 11.3. The van der Waals surface area contributed by atoms with E-state index >= 15 is 0 Å². The molecular weight excluding hydrogens is 234 g/mol. The minimum absolute atomic E-state index is 0.212. The van der Waals surface area contributed by atoms with E-state index in [2.05, 4.69) is 10.3 Å². The number of amides is 1. The van der Waals surface area contributed by atoms with Crippen LogP contribution in [0, 0.1) is 5.92 Å². The molecule has 18 heavy (non-hydrogen) atoms. The predicted octanol–water partition coefficient (Wildman–Crippen LogP) is 0.0858. The number of aliphatic hydroxyl groups is 1. The van der Waals surface area contributed by atoms with E-state index in [9.17, 15) is 9.90 Å². The Morgan fingerprint density at radius 3 is 3.17 bits per heavy atom. The monoisotopic (exact) mass is 253 g/mol. The number of nitrogens with one attached hydrogen (secondary N) is 1. The lowest BCUT2D eigenvalue weighted by atomic mass is 9.97. The van der Waals surface area contributed by atoms with Crippen molar-refractivity contribution in [1.82, 2.24) is 10.3 Å². The van der Waals surface area contributed by atoms with Crippen molar-refractivity contribution >= 4 is 5.91 Å². The van der Waals surface area contributed by atoms with E-state index in [0.717, 1.165) is 25.3 Å². The first-order valence-electron chi connectivity index (χ1n) is 6.09. The Morgan fingerprint density at radius 1 is 1.72 bits per heavy atom. The number of furan rings is 1. The summed E-state index contributed by atoms with van der Waals surface area (Å²) >= 11 is 0. The summed E-state index contributed by atoms with van der Waals surface area (Å²) in [6.45, 7) is 4.35. The highest BCUT2D eigenvalue weighted by atomic mass is 16.3. The molecule has 1 aliphatic heterocycles. The molecule has 0 spiro atoms. The standard InChI is InChI=1S/C12H19N3O3/c1-8-5-15(3-2-11(8)16)6-10-4-9(7-18-10)12(17)14-13/h4,7-8,11,16H,2-3,5-6,13H2,1H3,(H,14,17). The largest absolute Gasteiger partial charge is 0.467 e. The second-order valence-corrected chi connectivity index (χ2v) is 4.84. The number of hydrazine groups is 1. The summed E-state index contributed by atoms with van der Waals surface area (Å²) < 4.78 is 5.33. The zero-order valence-corrected chi connectivity index (χ0v) is 10.4. The molecule has 1 aromatic heterocycles. The average molecular weight is 253 g/mol. The van der Waals surface area contributed by atoms with Crippen LogP contribution in [0.2, 0.25) is 0 Å². The third-order valence-electron chi connectivity index (χ3n) is 3.37. The molecular formula is C12H19N3O3. The van der Waals surface area contributed by atoms with E-state index in [4.69, 9.17) is 10.3 Å². The number of nitrogens with zero attached hydrogens (tertiary/aromatic N) is 1. The van der Waals surface area contributed by atoms with E-state index in [-0.39, 0.29) is 17.9 Å². The SMILES string of the molecule is CC1CN(Cc2cc(C(=O)NN)co2)CCC1O. The first kappa shape index (κ1) is 13.1. The molecule has 0 aromatic carbocycles. The normalized spacial score (nSPS) is 25.1. The Labute approximate surface area is 106 Å². The average Bonchev–Trinajstić information content (AvgIpc) is 2.81. The van der Waals surface area contributed by atoms with Gasteiger partial charge in [-0.2, -0.15) is 0 Å². The number of carbonyl (C=O) groups excluding carboxylic acids is 1. The smallest absolute Gasteiger partial charge is 0.268 e. The van der Waals surface area contributed by atoms with Crippen molar-refractivity contribution in [2.45, 2.75) is 26.0 Å². The van der Waals surface area contributed by atoms with Crippen LogP contribution in [-0.4, -0.2) is 35.1 Å². The highest BCUT2D eigenvalue weighted by Crippen LogP contribution is 2.19. The Balaban J connectivity index is 1.93. The molecule has 100 valence electrons. The number of nitrogens with two attached hydrogens (primary N) is 1. The molecule has 0 aliphatic carbocycles. The highest BCUT2D eigenvalue weighted by Gasteiger charge is 2.24. The fourth-order valence-corrected chi connectivity index (χ4v) is 2.25. The van der Waals surface area contributed by atoms with Crippen molar-refractivity contribution in [3.8, 4) is 0 Å². The van der Waals surface area contributed by atoms with E-state index < -0.39 is 0 Å². The number of hydrogen-bond donors (Lipinski definition) is 3. The van der Waals surface area contributed by atoms with Gasteiger partial charge >= 0.3 is 0 Å². The van der Waals surface area contributed by atoms with Crippen LogP contribution in [0.15, 0.2) is 16.7 Å². The summed E-state index contributed by atoms with van der Waals surface area (Å²) in [5.74, 6) is 5.70. The van der Waals surface area contributed by atoms with Gasteiger partial charge in [-0.25, -0.2) is 5.84 Å². The maximum absolute atomic E-state index is 11.3. The van der Waals surface area contributed by atoms with Crippen LogP contribution in [0.3, 0.4) is 0 Å². The molecule has 6 heteroatoms. The molecule has 4 N–H and O–H groups in total. The molecule has 2 rings (SSSR count). The van der Waals surface area contributed by atoms with E-state index in [1.165, 1.54) is 6.26 Å². The molecule has 1 aliphatic rings. The van der Waals surface area contributed by atoms with Crippen LogP contribution >= 0.6 is 0 Å². The van der Waals surface area contributed by atoms with Crippen LogP contribution in [0.4, 0.5) is 0 Å². The van der Waals surface area contributed by atoms with E-state index in [0.29, 0.717) is 12.1 Å². The number of rotatable bonds is 3. The molecule has 2 heterocycles. The number of aliphatic hydroxyl groups excluding tert-OH is 1. The van der Waals surface area contributed by atoms with Crippen molar-refractivity contribution in [1.29, 1.82) is 0 Å². The Morgan fingerprint density at radius 2 is 2.50 bits per heavy atom. The lowest BCUT2D eigenvalue weighted by Crippen LogP contribution is -2.41. The van der Waals surface area contributed by atoms with Gasteiger partial charge < -0.3 is 9.52 Å². The second kappa shape index (κ2) is 5.51. The van der Waals surface area contributed by atoms with Crippen LogP contribution in [0.5, 0.6) is 0 Å². The molecule has 1 aromatic rings. The zero-order valence-electron chi connectivity index (χ0n) is 10.4. The van der Waals surface area contributed by atoms with Crippen molar-refractivity contribution in [3.05, 3.63) is 23.7 Å². The van der Waals surface area contributed by atoms with Gasteiger partial charge in [0.1, 0.15) is 12.0 Å². The summed E-state index contributed by atoms with van der Waals surface area (Å²) in [6.07, 6.45) is 1.97. The number of nitrogen functional groups attached to an aromatic ring is 1. The van der Waals surface area contributed by atoms with Crippen LogP contribution in [0.25, 0.3) is 0 Å². The summed E-state index contributed by atoms with van der Waals surface area (Å²) in [4.78, 5) is 13.5. The summed E-state index contributed by atoms with van der Waals surface area (Å²) in [5, 5.41) is 9.65. The van der Waals surface area contributed by atoms with Gasteiger partial charge in [0.25, 0.3) is 5.91 Å². The molecule has 1 saturated heterocycles. The van der Waals surface area contributed by atoms with Crippen molar-refractivity contribution in [2.75, 3.05) is 13.1 Å². The molecule has 1 amide bonds. The third-order valence-corrected chi connectivity index (χ3v) is 3.37. The quantitative estimate of drug-likeness (QED) is 0.403. The highest BCUT2D eigenvalue weighted by molar-refractivity contribution is 5.93. The van der Waals surface area contributed by atoms with Gasteiger partial charge in [-0.3, -0.25) is 15.1 Å². The minimum atomic E-state index is -0.354. The molecule has 2 unspecified atom stereocenters. The molecule has 6 nitrogen and oxygen atoms in total. The fraction of sp³-hybridized carbons (Fsp3) is 0.583. The van der Waals surface area contributed by atoms with Gasteiger partial charge in [0, 0.05) is 13.1 Å². The lowest BCUT2D eigenvalue weighted by molar-refractivity contribution is 0.0296. The predicted molar refractivity (Wildman–Crippen MR) is 65.4 cm³/mol. The topological polar surface area (TPSA) is 91.7 Å². The molecule has 2 atom stereocenters. The van der Waals surface area contributed by atoms with Crippen LogP contribution in [0.1, 0.15) is 29.5 Å². The van der Waals surface area contributed by atoms with Gasteiger partial charge in [-0.1, -0.05) is 6.92 Å². The minimum Gasteiger partial charge on any atom is -0.467 e. The van der Waals surface area contributed by atoms with Crippen LogP contribution < -0.4 is 11.3 Å². The van der Waals surface area contributed by atoms with Gasteiger partial charge in [0.05, 0.1) is 18.2 Å². The van der Waals surface area contributed by atoms with Crippen molar-refractivity contribution in [2.24, 2.45) is 11.8 Å². The van der Waals surface area contributed by atoms with Crippen molar-refractivity contribution in [3.63, 3.8) is 0 Å². The Bertz CT molecular complexity index is 418. The van der Waals surface area contributed by atoms with Gasteiger partial charge in [-0.15, -0.1) is 0 Å². The first-order valence-corrected chi connectivity index (χ1v) is 6.09. The summed E-state index contributed by atoms with van der Waals surface area (Å²) in [5.41, 5.74) is 2.49. The van der Waals surface area contributed by atoms with Crippen LogP contribution in [-0.2, 0) is 6.54 Å². The van der Waals surface area contributed by atoms with Gasteiger partial charge in [-0.05, 0) is 18.4 Å². The second-order valence-electron chi connectivity index (χ2n) is 4.84. The summed E-state index contributed by atoms with van der Waals surface area (Å²) in [7, 11) is 0. The number of hydrogen-bond acceptors (Lipinski definition) is 5. The van der Waals surface area contributed by atoms with E-state index in [1.54, 1.807) is 6.07 Å². The van der Waals surface area contributed by atoms with Gasteiger partial charge in [0.15, 0.2) is 0 Å². The van der Waals surface area contributed by atoms with Gasteiger partial charge in [0.2, 0.25) is 0 Å². The molecule has 0 radical (unpaired) electrons. The zero-order chi connectivity index (χ0) is 13.1. The van der Waals surface area contributed by atoms with Crippen molar-refractivity contribution < 1.29 is 14.3 Å². The molecule has 1 fully saturated rings. The van der Waals surface area contributed by atoms with E-state index in [1.807, 2.05) is 6.92 Å². The first-order chi connectivity index (χ1) is 8.60. The summed E-state index contributed by atoms with van der Waals surface area (Å²) in [6, 6.07) is 1.69. The lowest BCUT2D eigenvalue weighted by Gasteiger charge is -2.33. The third kappa shape index (κ3) is 2.90. The fourth-order valence-electron chi connectivity index (χ4n) is 2.25. The number of piperidine rings is 1. The molecule has 0 bridgehead atoms. The Hall–Kier alpha value is -1.37. The Kier molecular flexibility index (Phi) is 4.00. The maximum Gasteiger partial charge on any atom is 0.268 e.